The van der Waals surface area contributed by atoms with E-state index in [1.54, 1.807) is 0 Å². The fraction of sp³-hybridized carbons (Fsp3) is 0.688. The number of rotatable bonds is 6. The first-order chi connectivity index (χ1) is 8.89. The Morgan fingerprint density at radius 3 is 2.42 bits per heavy atom. The zero-order valence-corrected chi connectivity index (χ0v) is 13.3. The third-order valence-electron chi connectivity index (χ3n) is 3.56. The molecule has 0 unspecified atom stereocenters. The Bertz CT molecular complexity index is 378. The highest BCUT2D eigenvalue weighted by Crippen LogP contribution is 2.23. The molecule has 0 radical (unpaired) electrons. The minimum atomic E-state index is 0.126. The summed E-state index contributed by atoms with van der Waals surface area (Å²) in [5, 5.41) is 3.54. The highest BCUT2D eigenvalue weighted by molar-refractivity contribution is 5.52. The monoisotopic (exact) mass is 263 g/mol. The molecule has 19 heavy (non-hydrogen) atoms. The first kappa shape index (κ1) is 16.0. The van der Waals surface area contributed by atoms with Gasteiger partial charge in [0.05, 0.1) is 0 Å². The van der Waals surface area contributed by atoms with E-state index in [2.05, 4.69) is 62.9 Å². The first-order valence-electron chi connectivity index (χ1n) is 7.29. The van der Waals surface area contributed by atoms with Crippen molar-refractivity contribution in [1.82, 2.24) is 10.3 Å². The smallest absolute Gasteiger partial charge is 0.0442 e. The maximum Gasteiger partial charge on any atom is 0.0442 e. The van der Waals surface area contributed by atoms with Crippen LogP contribution in [-0.4, -0.2) is 23.6 Å². The van der Waals surface area contributed by atoms with Gasteiger partial charge in [-0.05, 0) is 39.7 Å². The molecule has 0 saturated carbocycles. The molecule has 108 valence electrons. The third-order valence-corrected chi connectivity index (χ3v) is 3.56. The second-order valence-corrected chi connectivity index (χ2v) is 6.19. The largest absolute Gasteiger partial charge is 0.371 e. The standard InChI is InChI=1S/C16H29N3/c1-7-14(8-2)19(6)15-9-10-17-11-13(15)12-18-16(3,4)5/h9-11,14,18H,7-8,12H2,1-6H3. The van der Waals surface area contributed by atoms with Crippen molar-refractivity contribution < 1.29 is 0 Å². The lowest BCUT2D eigenvalue weighted by molar-refractivity contribution is 0.423. The summed E-state index contributed by atoms with van der Waals surface area (Å²) in [5.41, 5.74) is 2.69. The number of hydrogen-bond donors (Lipinski definition) is 1. The normalized spacial score (nSPS) is 11.9. The third kappa shape index (κ3) is 4.83. The number of pyridine rings is 1. The zero-order valence-electron chi connectivity index (χ0n) is 13.3. The Morgan fingerprint density at radius 2 is 1.89 bits per heavy atom. The molecule has 0 aliphatic carbocycles. The molecule has 1 aromatic rings. The van der Waals surface area contributed by atoms with E-state index in [0.29, 0.717) is 6.04 Å². The van der Waals surface area contributed by atoms with Crippen molar-refractivity contribution in [2.45, 2.75) is 65.6 Å². The van der Waals surface area contributed by atoms with Gasteiger partial charge in [-0.25, -0.2) is 0 Å². The SMILES string of the molecule is CCC(CC)N(C)c1ccncc1CNC(C)(C)C. The van der Waals surface area contributed by atoms with Crippen LogP contribution < -0.4 is 10.2 Å². The van der Waals surface area contributed by atoms with Gasteiger partial charge in [-0.2, -0.15) is 0 Å². The summed E-state index contributed by atoms with van der Waals surface area (Å²) in [6, 6.07) is 2.72. The Hall–Kier alpha value is -1.09. The average molecular weight is 263 g/mol. The lowest BCUT2D eigenvalue weighted by Crippen LogP contribution is -2.36. The molecule has 1 heterocycles. The highest BCUT2D eigenvalue weighted by Gasteiger charge is 2.16. The van der Waals surface area contributed by atoms with Gasteiger partial charge in [-0.15, -0.1) is 0 Å². The molecule has 0 atom stereocenters. The van der Waals surface area contributed by atoms with Gasteiger partial charge in [0.15, 0.2) is 0 Å². The summed E-state index contributed by atoms with van der Waals surface area (Å²) < 4.78 is 0. The van der Waals surface area contributed by atoms with E-state index in [4.69, 9.17) is 0 Å². The van der Waals surface area contributed by atoms with Gasteiger partial charge in [0.1, 0.15) is 0 Å². The molecule has 0 aliphatic rings. The topological polar surface area (TPSA) is 28.2 Å². The van der Waals surface area contributed by atoms with Gasteiger partial charge >= 0.3 is 0 Å². The quantitative estimate of drug-likeness (QED) is 0.850. The predicted molar refractivity (Wildman–Crippen MR) is 83.6 cm³/mol. The van der Waals surface area contributed by atoms with Crippen molar-refractivity contribution in [3.8, 4) is 0 Å². The Labute approximate surface area is 118 Å². The van der Waals surface area contributed by atoms with Crippen molar-refractivity contribution >= 4 is 5.69 Å². The van der Waals surface area contributed by atoms with Crippen LogP contribution in [0.1, 0.15) is 53.0 Å². The summed E-state index contributed by atoms with van der Waals surface area (Å²) in [4.78, 5) is 6.66. The highest BCUT2D eigenvalue weighted by atomic mass is 15.1. The van der Waals surface area contributed by atoms with E-state index in [9.17, 15) is 0 Å². The van der Waals surface area contributed by atoms with Crippen LogP contribution in [0.25, 0.3) is 0 Å². The van der Waals surface area contributed by atoms with Gasteiger partial charge < -0.3 is 10.2 Å². The molecule has 0 bridgehead atoms. The number of nitrogens with zero attached hydrogens (tertiary/aromatic N) is 2. The summed E-state index contributed by atoms with van der Waals surface area (Å²) in [7, 11) is 2.19. The Kier molecular flexibility index (Phi) is 5.80. The van der Waals surface area contributed by atoms with E-state index in [-0.39, 0.29) is 5.54 Å². The Balaban J connectivity index is 2.89. The van der Waals surface area contributed by atoms with Crippen molar-refractivity contribution in [3.05, 3.63) is 24.0 Å². The van der Waals surface area contributed by atoms with Crippen molar-refractivity contribution in [2.75, 3.05) is 11.9 Å². The van der Waals surface area contributed by atoms with E-state index in [1.165, 1.54) is 24.1 Å². The molecule has 0 aliphatic heterocycles. The molecule has 3 nitrogen and oxygen atoms in total. The van der Waals surface area contributed by atoms with Crippen molar-refractivity contribution in [1.29, 1.82) is 0 Å². The molecule has 0 fully saturated rings. The number of hydrogen-bond acceptors (Lipinski definition) is 3. The average Bonchev–Trinajstić information content (AvgIpc) is 2.37. The number of anilines is 1. The lowest BCUT2D eigenvalue weighted by atomic mass is 10.1. The molecule has 0 amide bonds. The summed E-state index contributed by atoms with van der Waals surface area (Å²) in [5.74, 6) is 0. The maximum atomic E-state index is 4.27. The van der Waals surface area contributed by atoms with E-state index < -0.39 is 0 Å². The minimum Gasteiger partial charge on any atom is -0.371 e. The Morgan fingerprint density at radius 1 is 1.26 bits per heavy atom. The van der Waals surface area contributed by atoms with Gasteiger partial charge in [0.25, 0.3) is 0 Å². The van der Waals surface area contributed by atoms with Crippen LogP contribution >= 0.6 is 0 Å². The minimum absolute atomic E-state index is 0.126. The number of nitrogens with one attached hydrogen (secondary N) is 1. The molecule has 1 N–H and O–H groups in total. The fourth-order valence-electron chi connectivity index (χ4n) is 2.29. The first-order valence-corrected chi connectivity index (χ1v) is 7.29. The zero-order chi connectivity index (χ0) is 14.5. The van der Waals surface area contributed by atoms with Gasteiger partial charge in [-0.1, -0.05) is 13.8 Å². The second-order valence-electron chi connectivity index (χ2n) is 6.19. The van der Waals surface area contributed by atoms with E-state index in [1.807, 2.05) is 12.4 Å². The molecule has 0 aromatic carbocycles. The maximum absolute atomic E-state index is 4.27. The fourth-order valence-corrected chi connectivity index (χ4v) is 2.29. The number of aromatic nitrogens is 1. The molecule has 3 heteroatoms. The molecule has 1 aromatic heterocycles. The van der Waals surface area contributed by atoms with Crippen LogP contribution in [0.2, 0.25) is 0 Å². The summed E-state index contributed by atoms with van der Waals surface area (Å²) >= 11 is 0. The molecule has 0 saturated heterocycles. The molecule has 0 spiro atoms. The van der Waals surface area contributed by atoms with Gasteiger partial charge in [-0.3, -0.25) is 4.98 Å². The van der Waals surface area contributed by atoms with Crippen LogP contribution in [0.15, 0.2) is 18.5 Å². The van der Waals surface area contributed by atoms with Crippen molar-refractivity contribution in [3.63, 3.8) is 0 Å². The van der Waals surface area contributed by atoms with Gasteiger partial charge in [0, 0.05) is 48.8 Å². The van der Waals surface area contributed by atoms with E-state index in [0.717, 1.165) is 6.54 Å². The predicted octanol–water partition coefficient (Wildman–Crippen LogP) is 3.59. The molecular formula is C16H29N3. The van der Waals surface area contributed by atoms with Crippen LogP contribution in [0, 0.1) is 0 Å². The van der Waals surface area contributed by atoms with Crippen LogP contribution in [0.4, 0.5) is 5.69 Å². The van der Waals surface area contributed by atoms with E-state index >= 15 is 0 Å². The van der Waals surface area contributed by atoms with Crippen LogP contribution in [0.5, 0.6) is 0 Å². The molecule has 1 rings (SSSR count). The summed E-state index contributed by atoms with van der Waals surface area (Å²) in [6.07, 6.45) is 6.20. The lowest BCUT2D eigenvalue weighted by Gasteiger charge is -2.31. The van der Waals surface area contributed by atoms with Crippen LogP contribution in [0.3, 0.4) is 0 Å². The molecular weight excluding hydrogens is 234 g/mol. The van der Waals surface area contributed by atoms with Crippen LogP contribution in [-0.2, 0) is 6.54 Å². The van der Waals surface area contributed by atoms with Gasteiger partial charge in [0.2, 0.25) is 0 Å². The van der Waals surface area contributed by atoms with Crippen molar-refractivity contribution in [2.24, 2.45) is 0 Å². The summed E-state index contributed by atoms with van der Waals surface area (Å²) in [6.45, 7) is 11.9. The second kappa shape index (κ2) is 6.90.